The van der Waals surface area contributed by atoms with E-state index in [0.717, 1.165) is 11.2 Å². The summed E-state index contributed by atoms with van der Waals surface area (Å²) in [5.74, 6) is 0. The Bertz CT molecular complexity index is 2380. The molecule has 0 saturated carbocycles. The van der Waals surface area contributed by atoms with Crippen molar-refractivity contribution >= 4 is 75.7 Å². The number of fused-ring (bicyclic) bond motifs is 8. The molecule has 2 heteroatoms. The highest BCUT2D eigenvalue weighted by molar-refractivity contribution is 7.17. The molecule has 0 fully saturated rings. The Hall–Kier alpha value is -4.92. The molecule has 7 aromatic carbocycles. The number of hydrogen-bond acceptors (Lipinski definition) is 2. The van der Waals surface area contributed by atoms with Gasteiger partial charge in [0.1, 0.15) is 11.2 Å². The zero-order valence-electron chi connectivity index (χ0n) is 21.5. The molecular formula is C38H22OS. The molecule has 0 bridgehead atoms. The van der Waals surface area contributed by atoms with Crippen LogP contribution >= 0.6 is 11.3 Å². The average molecular weight is 527 g/mol. The van der Waals surface area contributed by atoms with E-state index in [1.807, 2.05) is 0 Å². The standard InChI is InChI=1S/C38H22OS/c1-2-8-24-21-25(14-13-23(24)7-1)36-27-9-3-5-11-29(27)37(30-12-6-4-10-28(30)36)26-15-16-33-32(22-26)38-31-19-20-40-35(31)18-17-34(38)39-33/h1-22H. The molecule has 40 heavy (non-hydrogen) atoms. The fraction of sp³-hybridized carbons (Fsp3) is 0. The zero-order valence-corrected chi connectivity index (χ0v) is 22.3. The summed E-state index contributed by atoms with van der Waals surface area (Å²) in [6, 6.07) is 46.4. The first-order chi connectivity index (χ1) is 19.8. The maximum absolute atomic E-state index is 6.31. The van der Waals surface area contributed by atoms with E-state index in [1.165, 1.54) is 75.4 Å². The van der Waals surface area contributed by atoms with Gasteiger partial charge in [-0.05, 0) is 96.3 Å². The van der Waals surface area contributed by atoms with Crippen LogP contribution in [0.5, 0.6) is 0 Å². The molecule has 9 aromatic rings. The first kappa shape index (κ1) is 22.0. The molecule has 1 nitrogen and oxygen atoms in total. The highest BCUT2D eigenvalue weighted by atomic mass is 32.1. The highest BCUT2D eigenvalue weighted by Gasteiger charge is 2.18. The number of benzene rings is 7. The Morgan fingerprint density at radius 1 is 0.425 bits per heavy atom. The quantitative estimate of drug-likeness (QED) is 0.204. The normalized spacial score (nSPS) is 12.0. The molecule has 0 unspecified atom stereocenters. The molecular weight excluding hydrogens is 504 g/mol. The molecule has 0 amide bonds. The largest absolute Gasteiger partial charge is 0.456 e. The lowest BCUT2D eigenvalue weighted by atomic mass is 9.85. The van der Waals surface area contributed by atoms with E-state index < -0.39 is 0 Å². The first-order valence-corrected chi connectivity index (χ1v) is 14.5. The minimum Gasteiger partial charge on any atom is -0.456 e. The first-order valence-electron chi connectivity index (χ1n) is 13.6. The maximum atomic E-state index is 6.31. The predicted octanol–water partition coefficient (Wildman–Crippen LogP) is 11.6. The van der Waals surface area contributed by atoms with E-state index in [4.69, 9.17) is 4.42 Å². The molecule has 2 heterocycles. The molecule has 0 N–H and O–H groups in total. The number of furan rings is 1. The molecule has 0 aliphatic rings. The van der Waals surface area contributed by atoms with Gasteiger partial charge in [-0.1, -0.05) is 91.0 Å². The van der Waals surface area contributed by atoms with Gasteiger partial charge in [0.15, 0.2) is 0 Å². The van der Waals surface area contributed by atoms with Crippen molar-refractivity contribution in [2.24, 2.45) is 0 Å². The average Bonchev–Trinajstić information content (AvgIpc) is 3.63. The van der Waals surface area contributed by atoms with Crippen LogP contribution in [0.15, 0.2) is 137 Å². The van der Waals surface area contributed by atoms with Gasteiger partial charge in [-0.25, -0.2) is 0 Å². The van der Waals surface area contributed by atoms with Crippen molar-refractivity contribution in [2.45, 2.75) is 0 Å². The lowest BCUT2D eigenvalue weighted by Crippen LogP contribution is -1.91. The second kappa shape index (κ2) is 8.29. The summed E-state index contributed by atoms with van der Waals surface area (Å²) in [5, 5.41) is 13.4. The minimum atomic E-state index is 0.929. The second-order valence-electron chi connectivity index (χ2n) is 10.5. The van der Waals surface area contributed by atoms with Gasteiger partial charge in [-0.15, -0.1) is 11.3 Å². The van der Waals surface area contributed by atoms with Gasteiger partial charge in [0.25, 0.3) is 0 Å². The van der Waals surface area contributed by atoms with E-state index in [1.54, 1.807) is 11.3 Å². The van der Waals surface area contributed by atoms with Gasteiger partial charge in [-0.3, -0.25) is 0 Å². The summed E-state index contributed by atoms with van der Waals surface area (Å²) in [6.45, 7) is 0. The second-order valence-corrected chi connectivity index (χ2v) is 11.4. The Kier molecular flexibility index (Phi) is 4.55. The van der Waals surface area contributed by atoms with Crippen molar-refractivity contribution in [2.75, 3.05) is 0 Å². The fourth-order valence-electron chi connectivity index (χ4n) is 6.57. The summed E-state index contributed by atoms with van der Waals surface area (Å²) in [6.07, 6.45) is 0. The summed E-state index contributed by atoms with van der Waals surface area (Å²) < 4.78 is 7.60. The van der Waals surface area contributed by atoms with Gasteiger partial charge in [0.2, 0.25) is 0 Å². The van der Waals surface area contributed by atoms with Gasteiger partial charge in [0, 0.05) is 20.9 Å². The van der Waals surface area contributed by atoms with E-state index in [9.17, 15) is 0 Å². The van der Waals surface area contributed by atoms with Crippen molar-refractivity contribution in [3.8, 4) is 22.3 Å². The molecule has 0 saturated heterocycles. The van der Waals surface area contributed by atoms with Crippen LogP contribution in [0.25, 0.3) is 86.6 Å². The van der Waals surface area contributed by atoms with E-state index in [0.29, 0.717) is 0 Å². The third-order valence-electron chi connectivity index (χ3n) is 8.32. The van der Waals surface area contributed by atoms with E-state index in [-0.39, 0.29) is 0 Å². The lowest BCUT2D eigenvalue weighted by Gasteiger charge is -2.18. The Balaban J connectivity index is 1.39. The number of rotatable bonds is 2. The maximum Gasteiger partial charge on any atom is 0.136 e. The number of thiophene rings is 1. The van der Waals surface area contributed by atoms with Crippen LogP contribution < -0.4 is 0 Å². The van der Waals surface area contributed by atoms with Crippen molar-refractivity contribution in [1.29, 1.82) is 0 Å². The molecule has 0 aliphatic heterocycles. The molecule has 0 aliphatic carbocycles. The van der Waals surface area contributed by atoms with Crippen LogP contribution in [0.4, 0.5) is 0 Å². The summed E-state index contributed by atoms with van der Waals surface area (Å²) in [5.41, 5.74) is 6.88. The monoisotopic (exact) mass is 526 g/mol. The Morgan fingerprint density at radius 2 is 1.02 bits per heavy atom. The fourth-order valence-corrected chi connectivity index (χ4v) is 7.36. The van der Waals surface area contributed by atoms with Gasteiger partial charge < -0.3 is 4.42 Å². The van der Waals surface area contributed by atoms with Gasteiger partial charge in [0.05, 0.1) is 0 Å². The van der Waals surface area contributed by atoms with Crippen molar-refractivity contribution < 1.29 is 4.42 Å². The molecule has 0 radical (unpaired) electrons. The van der Waals surface area contributed by atoms with Crippen molar-refractivity contribution in [1.82, 2.24) is 0 Å². The molecule has 186 valence electrons. The van der Waals surface area contributed by atoms with Crippen LogP contribution in [-0.4, -0.2) is 0 Å². The zero-order chi connectivity index (χ0) is 26.2. The van der Waals surface area contributed by atoms with Crippen LogP contribution in [-0.2, 0) is 0 Å². The van der Waals surface area contributed by atoms with E-state index in [2.05, 4.69) is 133 Å². The molecule has 0 atom stereocenters. The van der Waals surface area contributed by atoms with Crippen LogP contribution in [0.1, 0.15) is 0 Å². The Morgan fingerprint density at radius 3 is 1.75 bits per heavy atom. The third-order valence-corrected chi connectivity index (χ3v) is 9.21. The molecule has 0 spiro atoms. The Labute approximate surface area is 234 Å². The topological polar surface area (TPSA) is 13.1 Å². The summed E-state index contributed by atoms with van der Waals surface area (Å²) >= 11 is 1.78. The predicted molar refractivity (Wildman–Crippen MR) is 172 cm³/mol. The summed E-state index contributed by atoms with van der Waals surface area (Å²) in [7, 11) is 0. The van der Waals surface area contributed by atoms with Crippen LogP contribution in [0.3, 0.4) is 0 Å². The van der Waals surface area contributed by atoms with E-state index >= 15 is 0 Å². The lowest BCUT2D eigenvalue weighted by molar-refractivity contribution is 0.669. The van der Waals surface area contributed by atoms with Crippen LogP contribution in [0, 0.1) is 0 Å². The van der Waals surface area contributed by atoms with Gasteiger partial charge >= 0.3 is 0 Å². The van der Waals surface area contributed by atoms with Crippen molar-refractivity contribution in [3.05, 3.63) is 133 Å². The number of hydrogen-bond donors (Lipinski definition) is 0. The smallest absolute Gasteiger partial charge is 0.136 e. The van der Waals surface area contributed by atoms with Crippen LogP contribution in [0.2, 0.25) is 0 Å². The highest BCUT2D eigenvalue weighted by Crippen LogP contribution is 2.45. The van der Waals surface area contributed by atoms with Crippen molar-refractivity contribution in [3.63, 3.8) is 0 Å². The molecule has 9 rings (SSSR count). The third kappa shape index (κ3) is 3.08. The SMILES string of the molecule is c1ccc2cc(-c3c4ccccc4c(-c4ccc5oc6ccc7sccc7c6c5c4)c4ccccc34)ccc2c1. The summed E-state index contributed by atoms with van der Waals surface area (Å²) in [4.78, 5) is 0. The van der Waals surface area contributed by atoms with Gasteiger partial charge in [-0.2, -0.15) is 0 Å². The minimum absolute atomic E-state index is 0.929. The molecule has 2 aromatic heterocycles.